The van der Waals surface area contributed by atoms with Gasteiger partial charge in [0, 0.05) is 9.75 Å². The van der Waals surface area contributed by atoms with E-state index in [2.05, 4.69) is 6.07 Å². The second kappa shape index (κ2) is 5.20. The van der Waals surface area contributed by atoms with Crippen molar-refractivity contribution < 1.29 is 5.11 Å². The van der Waals surface area contributed by atoms with Crippen LogP contribution in [0.15, 0.2) is 12.1 Å². The van der Waals surface area contributed by atoms with E-state index in [0.717, 1.165) is 30.6 Å². The first-order valence-electron chi connectivity index (χ1n) is 6.34. The zero-order valence-electron chi connectivity index (χ0n) is 10.3. The number of hydrogen-bond acceptors (Lipinski definition) is 3. The molecule has 17 heavy (non-hydrogen) atoms. The van der Waals surface area contributed by atoms with Gasteiger partial charge in [-0.2, -0.15) is 5.26 Å². The van der Waals surface area contributed by atoms with Crippen molar-refractivity contribution in [2.24, 2.45) is 5.41 Å². The van der Waals surface area contributed by atoms with Crippen LogP contribution in [-0.4, -0.2) is 5.11 Å². The van der Waals surface area contributed by atoms with E-state index in [1.54, 1.807) is 11.3 Å². The van der Waals surface area contributed by atoms with Gasteiger partial charge in [0.1, 0.15) is 6.10 Å². The quantitative estimate of drug-likeness (QED) is 0.806. The summed E-state index contributed by atoms with van der Waals surface area (Å²) in [6.45, 7) is 2.03. The van der Waals surface area contributed by atoms with Crippen molar-refractivity contribution in [2.45, 2.75) is 51.6 Å². The molecule has 1 aliphatic carbocycles. The number of aliphatic hydroxyl groups is 1. The van der Waals surface area contributed by atoms with Gasteiger partial charge < -0.3 is 5.11 Å². The smallest absolute Gasteiger partial charge is 0.107 e. The van der Waals surface area contributed by atoms with E-state index >= 15 is 0 Å². The summed E-state index contributed by atoms with van der Waals surface area (Å²) < 4.78 is 0. The third-order valence-corrected chi connectivity index (χ3v) is 4.83. The maximum atomic E-state index is 10.5. The molecule has 1 atom stereocenters. The lowest BCUT2D eigenvalue weighted by Crippen LogP contribution is -2.26. The maximum absolute atomic E-state index is 10.5. The fourth-order valence-corrected chi connectivity index (χ4v) is 3.66. The molecule has 1 heterocycles. The van der Waals surface area contributed by atoms with Gasteiger partial charge in [-0.25, -0.2) is 0 Å². The van der Waals surface area contributed by atoms with Crippen LogP contribution < -0.4 is 0 Å². The minimum atomic E-state index is -0.607. The highest BCUT2D eigenvalue weighted by Gasteiger charge is 2.39. The first kappa shape index (κ1) is 12.6. The van der Waals surface area contributed by atoms with Crippen LogP contribution in [0, 0.1) is 23.7 Å². The normalized spacial score (nSPS) is 21.5. The predicted molar refractivity (Wildman–Crippen MR) is 69.8 cm³/mol. The van der Waals surface area contributed by atoms with Crippen molar-refractivity contribution in [3.8, 4) is 6.07 Å². The van der Waals surface area contributed by atoms with E-state index in [4.69, 9.17) is 0 Å². The molecule has 1 aromatic heterocycles. The largest absolute Gasteiger partial charge is 0.386 e. The monoisotopic (exact) mass is 249 g/mol. The Morgan fingerprint density at radius 3 is 2.41 bits per heavy atom. The minimum Gasteiger partial charge on any atom is -0.386 e. The molecule has 1 unspecified atom stereocenters. The molecule has 1 N–H and O–H groups in total. The van der Waals surface area contributed by atoms with Crippen LogP contribution in [0.2, 0.25) is 0 Å². The Bertz CT molecular complexity index is 410. The molecule has 0 aromatic carbocycles. The number of nitriles is 1. The molecule has 0 bridgehead atoms. The first-order valence-corrected chi connectivity index (χ1v) is 7.15. The number of nitrogens with zero attached hydrogens (tertiary/aromatic N) is 1. The lowest BCUT2D eigenvalue weighted by atomic mass is 9.76. The molecule has 1 fully saturated rings. The van der Waals surface area contributed by atoms with Crippen LogP contribution >= 0.6 is 11.3 Å². The predicted octanol–water partition coefficient (Wildman–Crippen LogP) is 3.95. The molecule has 0 spiro atoms. The fourth-order valence-electron chi connectivity index (χ4n) is 2.68. The Balaban J connectivity index is 2.25. The molecule has 92 valence electrons. The number of hydrogen-bond donors (Lipinski definition) is 1. The van der Waals surface area contributed by atoms with Crippen molar-refractivity contribution in [3.05, 3.63) is 21.9 Å². The molecular weight excluding hydrogens is 230 g/mol. The lowest BCUT2D eigenvalue weighted by molar-refractivity contribution is 0.0546. The van der Waals surface area contributed by atoms with Gasteiger partial charge in [-0.05, 0) is 31.9 Å². The van der Waals surface area contributed by atoms with Gasteiger partial charge in [-0.1, -0.05) is 25.7 Å². The van der Waals surface area contributed by atoms with E-state index in [-0.39, 0.29) is 0 Å². The highest BCUT2D eigenvalue weighted by Crippen LogP contribution is 2.45. The average molecular weight is 249 g/mol. The number of aryl methyl sites for hydroxylation is 1. The lowest BCUT2D eigenvalue weighted by Gasteiger charge is -2.29. The SMILES string of the molecule is Cc1ccc(C(O)C2(C#N)CCCCCC2)s1. The number of thiophene rings is 1. The summed E-state index contributed by atoms with van der Waals surface area (Å²) in [6.07, 6.45) is 5.58. The van der Waals surface area contributed by atoms with Gasteiger partial charge in [0.25, 0.3) is 0 Å². The Morgan fingerprint density at radius 1 is 1.29 bits per heavy atom. The van der Waals surface area contributed by atoms with Crippen molar-refractivity contribution in [2.75, 3.05) is 0 Å². The van der Waals surface area contributed by atoms with Gasteiger partial charge in [0.05, 0.1) is 11.5 Å². The highest BCUT2D eigenvalue weighted by molar-refractivity contribution is 7.12. The van der Waals surface area contributed by atoms with E-state index < -0.39 is 11.5 Å². The van der Waals surface area contributed by atoms with Crippen molar-refractivity contribution in [1.82, 2.24) is 0 Å². The zero-order valence-corrected chi connectivity index (χ0v) is 11.1. The maximum Gasteiger partial charge on any atom is 0.107 e. The van der Waals surface area contributed by atoms with E-state index in [1.807, 2.05) is 19.1 Å². The highest BCUT2D eigenvalue weighted by atomic mass is 32.1. The van der Waals surface area contributed by atoms with Gasteiger partial charge in [0.15, 0.2) is 0 Å². The summed E-state index contributed by atoms with van der Waals surface area (Å²) in [6, 6.07) is 6.41. The molecule has 2 rings (SSSR count). The van der Waals surface area contributed by atoms with Crippen LogP contribution in [0.4, 0.5) is 0 Å². The summed E-state index contributed by atoms with van der Waals surface area (Å²) in [5.41, 5.74) is -0.548. The first-order chi connectivity index (χ1) is 8.18. The number of aliphatic hydroxyl groups excluding tert-OH is 1. The van der Waals surface area contributed by atoms with Gasteiger partial charge in [-0.3, -0.25) is 0 Å². The third kappa shape index (κ3) is 2.53. The molecule has 3 heteroatoms. The Labute approximate surface area is 107 Å². The van der Waals surface area contributed by atoms with Crippen LogP contribution in [0.5, 0.6) is 0 Å². The van der Waals surface area contributed by atoms with Crippen molar-refractivity contribution in [3.63, 3.8) is 0 Å². The second-order valence-electron chi connectivity index (χ2n) is 5.03. The Hall–Kier alpha value is -0.850. The van der Waals surface area contributed by atoms with Crippen molar-refractivity contribution >= 4 is 11.3 Å². The van der Waals surface area contributed by atoms with Crippen LogP contribution in [-0.2, 0) is 0 Å². The van der Waals surface area contributed by atoms with Crippen LogP contribution in [0.3, 0.4) is 0 Å². The standard InChI is InChI=1S/C14H19NOS/c1-11-6-7-12(17-11)13(16)14(10-15)8-4-2-3-5-9-14/h6-7,13,16H,2-5,8-9H2,1H3. The minimum absolute atomic E-state index is 0.548. The van der Waals surface area contributed by atoms with E-state index in [1.165, 1.54) is 17.7 Å². The average Bonchev–Trinajstić information content (AvgIpc) is 2.64. The molecular formula is C14H19NOS. The Morgan fingerprint density at radius 2 is 1.94 bits per heavy atom. The molecule has 1 aliphatic rings. The zero-order chi connectivity index (χ0) is 12.3. The molecule has 1 aromatic rings. The molecule has 0 saturated heterocycles. The summed E-state index contributed by atoms with van der Waals surface area (Å²) in [5.74, 6) is 0. The van der Waals surface area contributed by atoms with Crippen molar-refractivity contribution in [1.29, 1.82) is 5.26 Å². The van der Waals surface area contributed by atoms with Gasteiger partial charge in [-0.15, -0.1) is 11.3 Å². The molecule has 2 nitrogen and oxygen atoms in total. The molecule has 1 saturated carbocycles. The summed E-state index contributed by atoms with van der Waals surface area (Å²) >= 11 is 1.61. The van der Waals surface area contributed by atoms with Gasteiger partial charge in [0.2, 0.25) is 0 Å². The summed E-state index contributed by atoms with van der Waals surface area (Å²) in [7, 11) is 0. The van der Waals surface area contributed by atoms with Crippen LogP contribution in [0.1, 0.15) is 54.4 Å². The third-order valence-electron chi connectivity index (χ3n) is 3.77. The van der Waals surface area contributed by atoms with E-state index in [9.17, 15) is 10.4 Å². The fraction of sp³-hybridized carbons (Fsp3) is 0.643. The second-order valence-corrected chi connectivity index (χ2v) is 6.35. The molecule has 0 aliphatic heterocycles. The summed E-state index contributed by atoms with van der Waals surface area (Å²) in [4.78, 5) is 2.15. The van der Waals surface area contributed by atoms with E-state index in [0.29, 0.717) is 0 Å². The molecule has 0 amide bonds. The topological polar surface area (TPSA) is 44.0 Å². The Kier molecular flexibility index (Phi) is 3.86. The number of rotatable bonds is 2. The summed E-state index contributed by atoms with van der Waals surface area (Å²) in [5, 5.41) is 20.0. The molecule has 0 radical (unpaired) electrons. The van der Waals surface area contributed by atoms with Crippen LogP contribution in [0.25, 0.3) is 0 Å². The van der Waals surface area contributed by atoms with Gasteiger partial charge >= 0.3 is 0 Å².